The summed E-state index contributed by atoms with van der Waals surface area (Å²) in [5.74, 6) is -0.812. The van der Waals surface area contributed by atoms with Crippen LogP contribution in [0.15, 0.2) is 0 Å². The maximum Gasteiger partial charge on any atom is 0.344 e. The van der Waals surface area contributed by atoms with Gasteiger partial charge in [0.05, 0.1) is 5.41 Å². The van der Waals surface area contributed by atoms with Crippen LogP contribution in [0.5, 0.6) is 0 Å². The summed E-state index contributed by atoms with van der Waals surface area (Å²) in [5.41, 5.74) is -0.901. The van der Waals surface area contributed by atoms with Gasteiger partial charge in [0.2, 0.25) is 0 Å². The van der Waals surface area contributed by atoms with Crippen LogP contribution in [0.4, 0.5) is 0 Å². The first-order chi connectivity index (χ1) is 8.29. The lowest BCUT2D eigenvalue weighted by molar-refractivity contribution is -0.173. The monoisotopic (exact) mass is 256 g/mol. The van der Waals surface area contributed by atoms with Gasteiger partial charge in [-0.05, 0) is 52.9 Å². The van der Waals surface area contributed by atoms with Crippen LogP contribution in [0.3, 0.4) is 0 Å². The van der Waals surface area contributed by atoms with Gasteiger partial charge in [0.25, 0.3) is 0 Å². The molecule has 0 radical (unpaired) electrons. The van der Waals surface area contributed by atoms with E-state index in [9.17, 15) is 9.59 Å². The molecule has 0 aliphatic heterocycles. The average molecular weight is 256 g/mol. The summed E-state index contributed by atoms with van der Waals surface area (Å²) in [6, 6.07) is 0. The van der Waals surface area contributed by atoms with Gasteiger partial charge in [-0.15, -0.1) is 0 Å². The van der Waals surface area contributed by atoms with E-state index in [4.69, 9.17) is 9.47 Å². The summed E-state index contributed by atoms with van der Waals surface area (Å²) in [7, 11) is 0. The Morgan fingerprint density at radius 1 is 1.17 bits per heavy atom. The highest BCUT2D eigenvalue weighted by molar-refractivity contribution is 5.79. The number of carbonyl (C=O) groups is 2. The quantitative estimate of drug-likeness (QED) is 0.726. The molecule has 0 spiro atoms. The molecule has 0 bridgehead atoms. The Labute approximate surface area is 109 Å². The van der Waals surface area contributed by atoms with Crippen LogP contribution in [0.25, 0.3) is 0 Å². The molecule has 4 heteroatoms. The third kappa shape index (κ3) is 4.00. The van der Waals surface area contributed by atoms with Gasteiger partial charge in [-0.3, -0.25) is 4.79 Å². The zero-order chi connectivity index (χ0) is 13.8. The number of rotatable bonds is 4. The Bertz CT molecular complexity index is 308. The minimum atomic E-state index is -0.587. The molecule has 1 aliphatic rings. The predicted octanol–water partition coefficient (Wildman–Crippen LogP) is 2.84. The Morgan fingerprint density at radius 3 is 2.17 bits per heavy atom. The fourth-order valence-corrected chi connectivity index (χ4v) is 2.16. The molecule has 0 atom stereocenters. The van der Waals surface area contributed by atoms with Gasteiger partial charge in [-0.1, -0.05) is 6.92 Å². The van der Waals surface area contributed by atoms with Crippen molar-refractivity contribution in [2.75, 3.05) is 6.61 Å². The first kappa shape index (κ1) is 15.0. The number of hydrogen-bond acceptors (Lipinski definition) is 4. The van der Waals surface area contributed by atoms with Crippen molar-refractivity contribution in [3.8, 4) is 0 Å². The van der Waals surface area contributed by atoms with Crippen LogP contribution < -0.4 is 0 Å². The van der Waals surface area contributed by atoms with E-state index in [1.807, 2.05) is 6.92 Å². The van der Waals surface area contributed by atoms with Crippen molar-refractivity contribution in [1.29, 1.82) is 0 Å². The third-order valence-corrected chi connectivity index (χ3v) is 3.42. The largest absolute Gasteiger partial charge is 0.457 e. The van der Waals surface area contributed by atoms with Crippen LogP contribution in [0.1, 0.15) is 59.8 Å². The molecule has 0 aromatic rings. The van der Waals surface area contributed by atoms with Crippen LogP contribution >= 0.6 is 0 Å². The summed E-state index contributed by atoms with van der Waals surface area (Å²) in [4.78, 5) is 23.2. The van der Waals surface area contributed by atoms with E-state index >= 15 is 0 Å². The molecular weight excluding hydrogens is 232 g/mol. The van der Waals surface area contributed by atoms with E-state index in [1.54, 1.807) is 20.8 Å². The molecule has 0 N–H and O–H groups in total. The second kappa shape index (κ2) is 5.72. The van der Waals surface area contributed by atoms with Crippen LogP contribution in [-0.2, 0) is 19.1 Å². The predicted molar refractivity (Wildman–Crippen MR) is 68.0 cm³/mol. The van der Waals surface area contributed by atoms with Crippen molar-refractivity contribution >= 4 is 11.9 Å². The average Bonchev–Trinajstić information content (AvgIpc) is 2.73. The van der Waals surface area contributed by atoms with Crippen LogP contribution in [0, 0.1) is 5.41 Å². The normalized spacial score (nSPS) is 18.4. The van der Waals surface area contributed by atoms with E-state index in [0.29, 0.717) is 0 Å². The number of carbonyl (C=O) groups excluding carboxylic acids is 2. The molecule has 0 amide bonds. The second-order valence-corrected chi connectivity index (χ2v) is 6.04. The Balaban J connectivity index is 2.40. The molecule has 18 heavy (non-hydrogen) atoms. The van der Waals surface area contributed by atoms with E-state index in [0.717, 1.165) is 32.1 Å². The van der Waals surface area contributed by atoms with E-state index < -0.39 is 11.4 Å². The van der Waals surface area contributed by atoms with Gasteiger partial charge in [0.15, 0.2) is 6.61 Å². The molecule has 0 aromatic carbocycles. The highest BCUT2D eigenvalue weighted by Gasteiger charge is 2.36. The molecule has 0 saturated heterocycles. The lowest BCUT2D eigenvalue weighted by Crippen LogP contribution is -2.34. The maximum atomic E-state index is 11.7. The topological polar surface area (TPSA) is 52.6 Å². The second-order valence-electron chi connectivity index (χ2n) is 6.04. The minimum Gasteiger partial charge on any atom is -0.457 e. The highest BCUT2D eigenvalue weighted by atomic mass is 16.6. The fraction of sp³-hybridized carbons (Fsp3) is 0.857. The van der Waals surface area contributed by atoms with Gasteiger partial charge in [0.1, 0.15) is 5.60 Å². The summed E-state index contributed by atoms with van der Waals surface area (Å²) >= 11 is 0. The lowest BCUT2D eigenvalue weighted by Gasteiger charge is -2.27. The van der Waals surface area contributed by atoms with Gasteiger partial charge < -0.3 is 9.47 Å². The van der Waals surface area contributed by atoms with Crippen LogP contribution in [-0.4, -0.2) is 24.1 Å². The minimum absolute atomic E-state index is 0.280. The zero-order valence-electron chi connectivity index (χ0n) is 11.9. The van der Waals surface area contributed by atoms with Gasteiger partial charge >= 0.3 is 11.9 Å². The Hall–Kier alpha value is -1.06. The van der Waals surface area contributed by atoms with Gasteiger partial charge in [0, 0.05) is 0 Å². The molecule has 0 unspecified atom stereocenters. The van der Waals surface area contributed by atoms with Gasteiger partial charge in [-0.25, -0.2) is 4.79 Å². The number of ether oxygens (including phenoxy) is 2. The van der Waals surface area contributed by atoms with Crippen molar-refractivity contribution in [2.45, 2.75) is 65.4 Å². The van der Waals surface area contributed by atoms with E-state index in [-0.39, 0.29) is 18.2 Å². The lowest BCUT2D eigenvalue weighted by atomic mass is 9.97. The standard InChI is InChI=1S/C14H24O4/c1-5-14(8-6-7-9-14)18-11(15)10-17-12(16)13(2,3)4/h5-10H2,1-4H3. The van der Waals surface area contributed by atoms with E-state index in [1.165, 1.54) is 0 Å². The summed E-state index contributed by atoms with van der Waals surface area (Å²) in [6.07, 6.45) is 4.86. The van der Waals surface area contributed by atoms with Crippen molar-refractivity contribution in [3.05, 3.63) is 0 Å². The molecule has 104 valence electrons. The molecule has 0 heterocycles. The molecule has 0 aromatic heterocycles. The van der Waals surface area contributed by atoms with Crippen molar-refractivity contribution in [1.82, 2.24) is 0 Å². The third-order valence-electron chi connectivity index (χ3n) is 3.42. The summed E-state index contributed by atoms with van der Waals surface area (Å²) in [6.45, 7) is 7.01. The van der Waals surface area contributed by atoms with Crippen molar-refractivity contribution in [2.24, 2.45) is 5.41 Å². The molecule has 1 fully saturated rings. The van der Waals surface area contributed by atoms with Crippen molar-refractivity contribution in [3.63, 3.8) is 0 Å². The van der Waals surface area contributed by atoms with Crippen LogP contribution in [0.2, 0.25) is 0 Å². The smallest absolute Gasteiger partial charge is 0.344 e. The highest BCUT2D eigenvalue weighted by Crippen LogP contribution is 2.36. The fourth-order valence-electron chi connectivity index (χ4n) is 2.16. The molecule has 1 saturated carbocycles. The zero-order valence-corrected chi connectivity index (χ0v) is 11.9. The summed E-state index contributed by atoms with van der Waals surface area (Å²) < 4.78 is 10.4. The number of hydrogen-bond donors (Lipinski definition) is 0. The SMILES string of the molecule is CCC1(OC(=O)COC(=O)C(C)(C)C)CCCC1. The molecular formula is C14H24O4. The molecule has 4 nitrogen and oxygen atoms in total. The van der Waals surface area contributed by atoms with E-state index in [2.05, 4.69) is 0 Å². The first-order valence-electron chi connectivity index (χ1n) is 6.68. The summed E-state index contributed by atoms with van der Waals surface area (Å²) in [5, 5.41) is 0. The molecule has 1 aliphatic carbocycles. The number of esters is 2. The Morgan fingerprint density at radius 2 is 1.72 bits per heavy atom. The maximum absolute atomic E-state index is 11.7. The Kier molecular flexibility index (Phi) is 4.77. The molecule has 1 rings (SSSR count). The first-order valence-corrected chi connectivity index (χ1v) is 6.68. The van der Waals surface area contributed by atoms with Gasteiger partial charge in [-0.2, -0.15) is 0 Å². The van der Waals surface area contributed by atoms with Crippen molar-refractivity contribution < 1.29 is 19.1 Å².